The van der Waals surface area contributed by atoms with Crippen LogP contribution in [0.1, 0.15) is 47.0 Å². The Kier molecular flexibility index (Phi) is 7.39. The first-order valence-corrected chi connectivity index (χ1v) is 6.44. The number of carbonyl (C=O) groups is 1. The molecule has 0 spiro atoms. The Balaban J connectivity index is 3.74. The lowest BCUT2D eigenvalue weighted by Crippen LogP contribution is -2.51. The van der Waals surface area contributed by atoms with E-state index in [0.29, 0.717) is 12.0 Å². The van der Waals surface area contributed by atoms with E-state index in [1.54, 1.807) is 7.05 Å². The molecule has 0 bridgehead atoms. The summed E-state index contributed by atoms with van der Waals surface area (Å²) in [5, 5.41) is 2.98. The molecule has 0 radical (unpaired) electrons. The van der Waals surface area contributed by atoms with Gasteiger partial charge in [-0.05, 0) is 46.1 Å². The summed E-state index contributed by atoms with van der Waals surface area (Å²) in [6.45, 7) is 8.97. The van der Waals surface area contributed by atoms with Crippen LogP contribution in [0.3, 0.4) is 0 Å². The number of hydrogen-bond donors (Lipinski definition) is 2. The highest BCUT2D eigenvalue weighted by Crippen LogP contribution is 2.13. The fraction of sp³-hybridized carbons (Fsp3) is 0.923. The highest BCUT2D eigenvalue weighted by atomic mass is 16.5. The van der Waals surface area contributed by atoms with Crippen LogP contribution < -0.4 is 11.1 Å². The molecule has 2 unspecified atom stereocenters. The highest BCUT2D eigenvalue weighted by molar-refractivity contribution is 5.84. The molecule has 3 N–H and O–H groups in total. The van der Waals surface area contributed by atoms with Gasteiger partial charge in [0.15, 0.2) is 0 Å². The van der Waals surface area contributed by atoms with Gasteiger partial charge in [-0.15, -0.1) is 0 Å². The Hall–Kier alpha value is -0.610. The molecule has 0 rings (SSSR count). The fourth-order valence-corrected chi connectivity index (χ4v) is 1.41. The Morgan fingerprint density at radius 1 is 1.35 bits per heavy atom. The molecule has 1 amide bonds. The summed E-state index contributed by atoms with van der Waals surface area (Å²) in [6.07, 6.45) is 2.94. The van der Waals surface area contributed by atoms with E-state index in [2.05, 4.69) is 26.1 Å². The number of hydrogen-bond acceptors (Lipinski definition) is 3. The van der Waals surface area contributed by atoms with Crippen LogP contribution in [-0.2, 0) is 9.53 Å². The molecule has 0 saturated heterocycles. The number of rotatable bonds is 9. The zero-order valence-electron chi connectivity index (χ0n) is 11.9. The molecule has 0 aliphatic heterocycles. The second-order valence-corrected chi connectivity index (χ2v) is 5.22. The molecule has 0 heterocycles. The minimum Gasteiger partial charge on any atom is -0.378 e. The Morgan fingerprint density at radius 2 is 1.94 bits per heavy atom. The van der Waals surface area contributed by atoms with Crippen molar-refractivity contribution in [2.45, 2.75) is 58.6 Å². The van der Waals surface area contributed by atoms with E-state index < -0.39 is 5.54 Å². The molecule has 17 heavy (non-hydrogen) atoms. The number of nitrogens with two attached hydrogens (primary N) is 1. The second-order valence-electron chi connectivity index (χ2n) is 5.22. The fourth-order valence-electron chi connectivity index (χ4n) is 1.41. The number of carbonyl (C=O) groups excluding carboxylic acids is 1. The zero-order valence-corrected chi connectivity index (χ0v) is 11.9. The summed E-state index contributed by atoms with van der Waals surface area (Å²) < 4.78 is 5.68. The van der Waals surface area contributed by atoms with Gasteiger partial charge in [0.1, 0.15) is 0 Å². The van der Waals surface area contributed by atoms with Gasteiger partial charge in [-0.1, -0.05) is 13.8 Å². The summed E-state index contributed by atoms with van der Waals surface area (Å²) in [7, 11) is 1.77. The average Bonchev–Trinajstić information content (AvgIpc) is 2.27. The normalized spacial score (nSPS) is 16.8. The molecular weight excluding hydrogens is 216 g/mol. The van der Waals surface area contributed by atoms with Gasteiger partial charge in [-0.3, -0.25) is 4.79 Å². The van der Waals surface area contributed by atoms with Crippen molar-refractivity contribution in [3.05, 3.63) is 0 Å². The van der Waals surface area contributed by atoms with Gasteiger partial charge in [0.05, 0.1) is 11.6 Å². The molecule has 2 atom stereocenters. The van der Waals surface area contributed by atoms with Crippen molar-refractivity contribution in [3.8, 4) is 0 Å². The van der Waals surface area contributed by atoms with Gasteiger partial charge in [-0.25, -0.2) is 0 Å². The van der Waals surface area contributed by atoms with Gasteiger partial charge in [0.25, 0.3) is 0 Å². The summed E-state index contributed by atoms with van der Waals surface area (Å²) in [5.41, 5.74) is 4.76. The van der Waals surface area contributed by atoms with Gasteiger partial charge in [0, 0.05) is 6.61 Å². The molecule has 0 fully saturated rings. The molecule has 0 aromatic heterocycles. The minimum atomic E-state index is -0.594. The van der Waals surface area contributed by atoms with Crippen molar-refractivity contribution in [1.29, 1.82) is 0 Å². The van der Waals surface area contributed by atoms with E-state index in [9.17, 15) is 4.79 Å². The minimum absolute atomic E-state index is 0.293. The standard InChI is InChI=1S/C13H28N2O2/c1-10(2)11(3)17-9-7-6-8-13(4,15-5)12(14)16/h10-11,15H,6-9H2,1-5H3,(H2,14,16). The van der Waals surface area contributed by atoms with Gasteiger partial charge in [0.2, 0.25) is 5.91 Å². The third kappa shape index (κ3) is 6.03. The van der Waals surface area contributed by atoms with Crippen LogP contribution >= 0.6 is 0 Å². The van der Waals surface area contributed by atoms with Crippen molar-refractivity contribution in [2.75, 3.05) is 13.7 Å². The van der Waals surface area contributed by atoms with Crippen LogP contribution in [0.5, 0.6) is 0 Å². The van der Waals surface area contributed by atoms with E-state index in [1.807, 2.05) is 6.92 Å². The molecule has 0 aliphatic carbocycles. The van der Waals surface area contributed by atoms with Crippen LogP contribution in [-0.4, -0.2) is 31.2 Å². The van der Waals surface area contributed by atoms with Crippen LogP contribution in [0.25, 0.3) is 0 Å². The number of likely N-dealkylation sites (N-methyl/N-ethyl adjacent to an activating group) is 1. The first-order chi connectivity index (χ1) is 7.83. The maximum atomic E-state index is 11.2. The lowest BCUT2D eigenvalue weighted by molar-refractivity contribution is -0.123. The molecule has 0 aromatic rings. The first kappa shape index (κ1) is 16.4. The van der Waals surface area contributed by atoms with Crippen LogP contribution in [0, 0.1) is 5.92 Å². The van der Waals surface area contributed by atoms with Crippen molar-refractivity contribution in [2.24, 2.45) is 11.7 Å². The summed E-state index contributed by atoms with van der Waals surface area (Å²) in [6, 6.07) is 0. The maximum absolute atomic E-state index is 11.2. The number of primary amides is 1. The van der Waals surface area contributed by atoms with E-state index in [4.69, 9.17) is 10.5 Å². The predicted octanol–water partition coefficient (Wildman–Crippen LogP) is 1.68. The smallest absolute Gasteiger partial charge is 0.237 e. The monoisotopic (exact) mass is 244 g/mol. The zero-order chi connectivity index (χ0) is 13.5. The Morgan fingerprint density at radius 3 is 2.35 bits per heavy atom. The number of unbranched alkanes of at least 4 members (excludes halogenated alkanes) is 1. The van der Waals surface area contributed by atoms with Gasteiger partial charge >= 0.3 is 0 Å². The first-order valence-electron chi connectivity index (χ1n) is 6.44. The summed E-state index contributed by atoms with van der Waals surface area (Å²) >= 11 is 0. The average molecular weight is 244 g/mol. The van der Waals surface area contributed by atoms with Crippen LogP contribution in [0.2, 0.25) is 0 Å². The van der Waals surface area contributed by atoms with Crippen molar-refractivity contribution < 1.29 is 9.53 Å². The Bertz CT molecular complexity index is 231. The molecule has 0 aromatic carbocycles. The number of amides is 1. The quantitative estimate of drug-likeness (QED) is 0.607. The lowest BCUT2D eigenvalue weighted by atomic mass is 9.94. The second kappa shape index (κ2) is 7.67. The van der Waals surface area contributed by atoms with Crippen molar-refractivity contribution in [1.82, 2.24) is 5.32 Å². The topological polar surface area (TPSA) is 64.3 Å². The summed E-state index contributed by atoms with van der Waals surface area (Å²) in [4.78, 5) is 11.2. The maximum Gasteiger partial charge on any atom is 0.237 e. The lowest BCUT2D eigenvalue weighted by Gasteiger charge is -2.25. The molecule has 0 aliphatic rings. The van der Waals surface area contributed by atoms with E-state index in [-0.39, 0.29) is 5.91 Å². The largest absolute Gasteiger partial charge is 0.378 e. The van der Waals surface area contributed by atoms with Crippen LogP contribution in [0.15, 0.2) is 0 Å². The van der Waals surface area contributed by atoms with E-state index in [0.717, 1.165) is 25.9 Å². The molecule has 4 nitrogen and oxygen atoms in total. The van der Waals surface area contributed by atoms with Crippen LogP contribution in [0.4, 0.5) is 0 Å². The SMILES string of the molecule is CNC(C)(CCCCOC(C)C(C)C)C(N)=O. The molecule has 4 heteroatoms. The predicted molar refractivity (Wildman–Crippen MR) is 70.8 cm³/mol. The van der Waals surface area contributed by atoms with E-state index in [1.165, 1.54) is 0 Å². The van der Waals surface area contributed by atoms with Crippen molar-refractivity contribution >= 4 is 5.91 Å². The Labute approximate surface area is 105 Å². The summed E-state index contributed by atoms with van der Waals surface area (Å²) in [5.74, 6) is 0.250. The third-order valence-electron chi connectivity index (χ3n) is 3.49. The number of nitrogens with one attached hydrogen (secondary N) is 1. The van der Waals surface area contributed by atoms with Gasteiger partial charge < -0.3 is 15.8 Å². The van der Waals surface area contributed by atoms with E-state index >= 15 is 0 Å². The highest BCUT2D eigenvalue weighted by Gasteiger charge is 2.27. The molecule has 102 valence electrons. The third-order valence-corrected chi connectivity index (χ3v) is 3.49. The van der Waals surface area contributed by atoms with Crippen molar-refractivity contribution in [3.63, 3.8) is 0 Å². The van der Waals surface area contributed by atoms with Gasteiger partial charge in [-0.2, -0.15) is 0 Å². The molecule has 0 saturated carbocycles. The number of ether oxygens (including phenoxy) is 1. The molecular formula is C13H28N2O2.